The predicted octanol–water partition coefficient (Wildman–Crippen LogP) is 3.43. The average molecular weight is 428 g/mol. The predicted molar refractivity (Wildman–Crippen MR) is 109 cm³/mol. The van der Waals surface area contributed by atoms with Gasteiger partial charge in [-0.1, -0.05) is 24.3 Å². The van der Waals surface area contributed by atoms with Crippen molar-refractivity contribution in [1.29, 1.82) is 0 Å². The minimum absolute atomic E-state index is 0.129. The van der Waals surface area contributed by atoms with Crippen LogP contribution < -0.4 is 0 Å². The number of rotatable bonds is 6. The van der Waals surface area contributed by atoms with E-state index >= 15 is 0 Å². The number of hydrogen-bond donors (Lipinski definition) is 1. The number of fused-ring (bicyclic) bond motifs is 1. The quantitative estimate of drug-likeness (QED) is 0.511. The Kier molecular flexibility index (Phi) is 5.31. The molecule has 1 atom stereocenters. The molecule has 0 aliphatic rings. The zero-order valence-electron chi connectivity index (χ0n) is 16.0. The Labute approximate surface area is 175 Å². The molecule has 9 heteroatoms. The summed E-state index contributed by atoms with van der Waals surface area (Å²) in [6.45, 7) is -0.401. The summed E-state index contributed by atoms with van der Waals surface area (Å²) in [7, 11) is 1.53. The van der Waals surface area contributed by atoms with Crippen molar-refractivity contribution in [2.24, 2.45) is 0 Å². The van der Waals surface area contributed by atoms with Crippen molar-refractivity contribution in [1.82, 2.24) is 19.7 Å². The van der Waals surface area contributed by atoms with E-state index in [0.29, 0.717) is 10.9 Å². The van der Waals surface area contributed by atoms with Crippen molar-refractivity contribution in [3.63, 3.8) is 0 Å². The van der Waals surface area contributed by atoms with E-state index in [1.165, 1.54) is 46.7 Å². The van der Waals surface area contributed by atoms with E-state index in [4.69, 9.17) is 0 Å². The normalized spacial score (nSPS) is 13.3. The molecule has 2 aromatic carbocycles. The van der Waals surface area contributed by atoms with Crippen LogP contribution in [0.15, 0.2) is 61.2 Å². The first-order valence-electron chi connectivity index (χ1n) is 9.10. The number of halogens is 2. The van der Waals surface area contributed by atoms with Crippen LogP contribution in [0.5, 0.6) is 0 Å². The van der Waals surface area contributed by atoms with Crippen LogP contribution >= 0.6 is 11.3 Å². The molecule has 30 heavy (non-hydrogen) atoms. The van der Waals surface area contributed by atoms with Gasteiger partial charge in [0.05, 0.1) is 18.0 Å². The standard InChI is InChI=1S/C21H18F2N4O2S/c1-26(20(28)19-8-14-4-2-3-5-18(14)30-19)10-21(29,11-27-13-24-12-25-27)16-7-6-15(22)9-17(16)23/h2-9,12-13,29H,10-11H2,1H3. The van der Waals surface area contributed by atoms with E-state index in [2.05, 4.69) is 10.1 Å². The number of hydrogen-bond acceptors (Lipinski definition) is 5. The van der Waals surface area contributed by atoms with E-state index in [0.717, 1.165) is 16.2 Å². The lowest BCUT2D eigenvalue weighted by molar-refractivity contribution is -0.0127. The van der Waals surface area contributed by atoms with Gasteiger partial charge in [-0.25, -0.2) is 18.4 Å². The maximum Gasteiger partial charge on any atom is 0.263 e. The van der Waals surface area contributed by atoms with Gasteiger partial charge in [-0.2, -0.15) is 5.10 Å². The zero-order valence-corrected chi connectivity index (χ0v) is 16.8. The third-order valence-electron chi connectivity index (χ3n) is 4.80. The number of likely N-dealkylation sites (N-methyl/N-ethyl adjacent to an activating group) is 1. The Morgan fingerprint density at radius 1 is 1.23 bits per heavy atom. The number of carbonyl (C=O) groups excluding carboxylic acids is 1. The molecule has 1 unspecified atom stereocenters. The van der Waals surface area contributed by atoms with Crippen LogP contribution in [0.25, 0.3) is 10.1 Å². The van der Waals surface area contributed by atoms with Crippen LogP contribution in [0.1, 0.15) is 15.2 Å². The third-order valence-corrected chi connectivity index (χ3v) is 5.91. The highest BCUT2D eigenvalue weighted by molar-refractivity contribution is 7.20. The Balaban J connectivity index is 1.65. The molecule has 0 radical (unpaired) electrons. The molecule has 0 saturated heterocycles. The molecule has 6 nitrogen and oxygen atoms in total. The number of nitrogens with zero attached hydrogens (tertiary/aromatic N) is 4. The van der Waals surface area contributed by atoms with Crippen molar-refractivity contribution in [3.05, 3.63) is 83.3 Å². The van der Waals surface area contributed by atoms with Crippen LogP contribution in [-0.2, 0) is 12.1 Å². The lowest BCUT2D eigenvalue weighted by Gasteiger charge is -2.33. The van der Waals surface area contributed by atoms with Gasteiger partial charge in [-0.15, -0.1) is 11.3 Å². The van der Waals surface area contributed by atoms with Crippen molar-refractivity contribution in [2.45, 2.75) is 12.1 Å². The van der Waals surface area contributed by atoms with Crippen LogP contribution in [0.4, 0.5) is 8.78 Å². The van der Waals surface area contributed by atoms with Crippen LogP contribution in [-0.4, -0.2) is 44.3 Å². The van der Waals surface area contributed by atoms with Crippen molar-refractivity contribution in [3.8, 4) is 0 Å². The van der Waals surface area contributed by atoms with Gasteiger partial charge in [0.15, 0.2) is 0 Å². The number of aliphatic hydroxyl groups is 1. The molecule has 0 saturated carbocycles. The first kappa shape index (κ1) is 20.1. The van der Waals surface area contributed by atoms with Gasteiger partial charge in [-0.05, 0) is 23.6 Å². The highest BCUT2D eigenvalue weighted by atomic mass is 32.1. The summed E-state index contributed by atoms with van der Waals surface area (Å²) in [6, 6.07) is 12.4. The second-order valence-corrected chi connectivity index (χ2v) is 8.14. The number of carbonyl (C=O) groups is 1. The molecule has 4 aromatic rings. The Morgan fingerprint density at radius 3 is 2.73 bits per heavy atom. The molecule has 2 heterocycles. The average Bonchev–Trinajstić information content (AvgIpc) is 3.36. The SMILES string of the molecule is CN(CC(O)(Cn1cncn1)c1ccc(F)cc1F)C(=O)c1cc2ccccc2s1. The minimum atomic E-state index is -1.85. The summed E-state index contributed by atoms with van der Waals surface area (Å²) >= 11 is 1.34. The highest BCUT2D eigenvalue weighted by Gasteiger charge is 2.36. The summed E-state index contributed by atoms with van der Waals surface area (Å²) < 4.78 is 30.3. The summed E-state index contributed by atoms with van der Waals surface area (Å²) in [6.07, 6.45) is 2.66. The van der Waals surface area contributed by atoms with Gasteiger partial charge in [-0.3, -0.25) is 4.79 Å². The van der Waals surface area contributed by atoms with E-state index in [1.807, 2.05) is 24.3 Å². The fourth-order valence-electron chi connectivity index (χ4n) is 3.41. The second-order valence-electron chi connectivity index (χ2n) is 7.06. The molecule has 154 valence electrons. The molecule has 4 rings (SSSR count). The number of amides is 1. The van der Waals surface area contributed by atoms with Gasteiger partial charge in [0.2, 0.25) is 0 Å². The molecule has 1 amide bonds. The largest absolute Gasteiger partial charge is 0.381 e. The molecule has 2 aromatic heterocycles. The summed E-state index contributed by atoms with van der Waals surface area (Å²) in [5.74, 6) is -1.97. The third kappa shape index (κ3) is 3.94. The van der Waals surface area contributed by atoms with Crippen LogP contribution in [0, 0.1) is 11.6 Å². The fourth-order valence-corrected chi connectivity index (χ4v) is 4.47. The maximum absolute atomic E-state index is 14.5. The van der Waals surface area contributed by atoms with Gasteiger partial charge in [0.25, 0.3) is 5.91 Å². The molecular weight excluding hydrogens is 410 g/mol. The van der Waals surface area contributed by atoms with Crippen molar-refractivity contribution < 1.29 is 18.7 Å². The summed E-state index contributed by atoms with van der Waals surface area (Å²) in [4.78, 5) is 18.7. The molecule has 0 aliphatic heterocycles. The van der Waals surface area contributed by atoms with Gasteiger partial charge < -0.3 is 10.0 Å². The van der Waals surface area contributed by atoms with Crippen LogP contribution in [0.2, 0.25) is 0 Å². The smallest absolute Gasteiger partial charge is 0.263 e. The lowest BCUT2D eigenvalue weighted by Crippen LogP contribution is -2.45. The lowest BCUT2D eigenvalue weighted by atomic mass is 9.92. The van der Waals surface area contributed by atoms with Gasteiger partial charge >= 0.3 is 0 Å². The topological polar surface area (TPSA) is 71.2 Å². The van der Waals surface area contributed by atoms with E-state index in [1.54, 1.807) is 6.07 Å². The second kappa shape index (κ2) is 7.92. The zero-order chi connectivity index (χ0) is 21.3. The molecule has 1 N–H and O–H groups in total. The monoisotopic (exact) mass is 428 g/mol. The molecule has 0 bridgehead atoms. The fraction of sp³-hybridized carbons (Fsp3) is 0.190. The van der Waals surface area contributed by atoms with Crippen molar-refractivity contribution in [2.75, 3.05) is 13.6 Å². The number of thiophene rings is 1. The number of benzene rings is 2. The molecule has 0 aliphatic carbocycles. The van der Waals surface area contributed by atoms with Crippen molar-refractivity contribution >= 4 is 27.3 Å². The van der Waals surface area contributed by atoms with E-state index < -0.39 is 17.2 Å². The summed E-state index contributed by atoms with van der Waals surface area (Å²) in [5.41, 5.74) is -1.98. The van der Waals surface area contributed by atoms with E-state index in [9.17, 15) is 18.7 Å². The van der Waals surface area contributed by atoms with Gasteiger partial charge in [0, 0.05) is 23.4 Å². The molecule has 0 spiro atoms. The minimum Gasteiger partial charge on any atom is -0.381 e. The Hall–Kier alpha value is -3.17. The Morgan fingerprint density at radius 2 is 2.03 bits per heavy atom. The molecule has 0 fully saturated rings. The molecular formula is C21H18F2N4O2S. The summed E-state index contributed by atoms with van der Waals surface area (Å²) in [5, 5.41) is 16.3. The Bertz CT molecular complexity index is 1160. The number of aromatic nitrogens is 3. The first-order chi connectivity index (χ1) is 14.4. The van der Waals surface area contributed by atoms with Crippen LogP contribution in [0.3, 0.4) is 0 Å². The maximum atomic E-state index is 14.5. The first-order valence-corrected chi connectivity index (χ1v) is 9.92. The van der Waals surface area contributed by atoms with E-state index in [-0.39, 0.29) is 24.6 Å². The van der Waals surface area contributed by atoms with Gasteiger partial charge in [0.1, 0.15) is 29.9 Å². The highest BCUT2D eigenvalue weighted by Crippen LogP contribution is 2.30.